The van der Waals surface area contributed by atoms with Crippen LogP contribution in [0.5, 0.6) is 0 Å². The fraction of sp³-hybridized carbons (Fsp3) is 0.429. The number of nitrogens with zero attached hydrogens (tertiary/aromatic N) is 5. The van der Waals surface area contributed by atoms with E-state index in [1.54, 1.807) is 24.3 Å². The maximum absolute atomic E-state index is 12.6. The highest BCUT2D eigenvalue weighted by atomic mass is 16.5. The minimum Gasteiger partial charge on any atom is -0.384 e. The molecule has 0 saturated carbocycles. The zero-order valence-corrected chi connectivity index (χ0v) is 11.8. The third-order valence-electron chi connectivity index (χ3n) is 3.59. The molecular formula is C14H17N5O2. The summed E-state index contributed by atoms with van der Waals surface area (Å²) in [5, 5.41) is 7.48. The van der Waals surface area contributed by atoms with Gasteiger partial charge >= 0.3 is 0 Å². The van der Waals surface area contributed by atoms with E-state index in [0.717, 1.165) is 12.4 Å². The summed E-state index contributed by atoms with van der Waals surface area (Å²) in [6.45, 7) is 2.55. The normalized spacial score (nSPS) is 18.1. The molecule has 110 valence electrons. The minimum absolute atomic E-state index is 0.0533. The average Bonchev–Trinajstić information content (AvgIpc) is 2.86. The van der Waals surface area contributed by atoms with Crippen molar-refractivity contribution in [2.75, 3.05) is 20.3 Å². The van der Waals surface area contributed by atoms with Crippen LogP contribution in [0.3, 0.4) is 0 Å². The molecule has 7 heteroatoms. The second-order valence-corrected chi connectivity index (χ2v) is 5.13. The molecule has 21 heavy (non-hydrogen) atoms. The maximum Gasteiger partial charge on any atom is 0.255 e. The molecule has 0 aliphatic carbocycles. The Morgan fingerprint density at radius 3 is 3.05 bits per heavy atom. The highest BCUT2D eigenvalue weighted by Gasteiger charge is 2.26. The van der Waals surface area contributed by atoms with E-state index in [9.17, 15) is 4.79 Å². The molecule has 1 aliphatic heterocycles. The zero-order chi connectivity index (χ0) is 14.7. The Bertz CT molecular complexity index is 613. The molecule has 0 N–H and O–H groups in total. The van der Waals surface area contributed by atoms with Crippen molar-refractivity contribution < 1.29 is 9.53 Å². The van der Waals surface area contributed by atoms with Gasteiger partial charge < -0.3 is 14.2 Å². The Morgan fingerprint density at radius 2 is 2.29 bits per heavy atom. The van der Waals surface area contributed by atoms with Gasteiger partial charge in [-0.1, -0.05) is 0 Å². The van der Waals surface area contributed by atoms with Gasteiger partial charge in [0, 0.05) is 38.5 Å². The van der Waals surface area contributed by atoms with Gasteiger partial charge in [0.2, 0.25) is 0 Å². The first-order valence-corrected chi connectivity index (χ1v) is 6.83. The van der Waals surface area contributed by atoms with Crippen LogP contribution < -0.4 is 0 Å². The van der Waals surface area contributed by atoms with E-state index in [1.165, 1.54) is 12.4 Å². The lowest BCUT2D eigenvalue weighted by atomic mass is 10.1. The summed E-state index contributed by atoms with van der Waals surface area (Å²) < 4.78 is 7.35. The van der Waals surface area contributed by atoms with Gasteiger partial charge in [-0.2, -0.15) is 10.2 Å². The van der Waals surface area contributed by atoms with Gasteiger partial charge in [0.15, 0.2) is 0 Å². The predicted octanol–water partition coefficient (Wildman–Crippen LogP) is 0.592. The van der Waals surface area contributed by atoms with E-state index >= 15 is 0 Å². The molecular weight excluding hydrogens is 270 g/mol. The number of hydrogen-bond donors (Lipinski definition) is 0. The molecule has 1 unspecified atom stereocenters. The van der Waals surface area contributed by atoms with Crippen LogP contribution in [0.1, 0.15) is 16.2 Å². The smallest absolute Gasteiger partial charge is 0.255 e. The van der Waals surface area contributed by atoms with Gasteiger partial charge in [-0.05, 0) is 6.07 Å². The van der Waals surface area contributed by atoms with Crippen molar-refractivity contribution in [3.63, 3.8) is 0 Å². The molecule has 0 fully saturated rings. The van der Waals surface area contributed by atoms with Gasteiger partial charge in [0.1, 0.15) is 5.82 Å². The van der Waals surface area contributed by atoms with E-state index in [4.69, 9.17) is 4.74 Å². The van der Waals surface area contributed by atoms with E-state index in [-0.39, 0.29) is 11.8 Å². The molecule has 3 heterocycles. The number of ether oxygens (including phenoxy) is 1. The van der Waals surface area contributed by atoms with Gasteiger partial charge in [0.05, 0.1) is 31.1 Å². The Kier molecular flexibility index (Phi) is 3.92. The van der Waals surface area contributed by atoms with Crippen LogP contribution in [0.15, 0.2) is 30.9 Å². The van der Waals surface area contributed by atoms with Crippen molar-refractivity contribution in [2.45, 2.75) is 13.1 Å². The van der Waals surface area contributed by atoms with Crippen LogP contribution in [0.2, 0.25) is 0 Å². The summed E-state index contributed by atoms with van der Waals surface area (Å²) >= 11 is 0. The van der Waals surface area contributed by atoms with Crippen LogP contribution in [-0.2, 0) is 17.8 Å². The second kappa shape index (κ2) is 6.01. The van der Waals surface area contributed by atoms with E-state index in [2.05, 4.69) is 19.7 Å². The third kappa shape index (κ3) is 2.92. The monoisotopic (exact) mass is 287 g/mol. The van der Waals surface area contributed by atoms with Crippen LogP contribution in [0.4, 0.5) is 0 Å². The molecule has 1 amide bonds. The molecule has 0 aromatic carbocycles. The Balaban J connectivity index is 1.86. The van der Waals surface area contributed by atoms with Crippen LogP contribution >= 0.6 is 0 Å². The van der Waals surface area contributed by atoms with Gasteiger partial charge in [0.25, 0.3) is 5.91 Å². The first-order valence-electron chi connectivity index (χ1n) is 6.83. The number of imidazole rings is 1. The molecule has 0 saturated heterocycles. The highest BCUT2D eigenvalue weighted by Crippen LogP contribution is 2.17. The predicted molar refractivity (Wildman–Crippen MR) is 74.4 cm³/mol. The van der Waals surface area contributed by atoms with Crippen LogP contribution in [0.25, 0.3) is 0 Å². The number of amides is 1. The summed E-state index contributed by atoms with van der Waals surface area (Å²) in [6, 6.07) is 1.68. The number of hydrogen-bond acceptors (Lipinski definition) is 5. The third-order valence-corrected chi connectivity index (χ3v) is 3.59. The highest BCUT2D eigenvalue weighted by molar-refractivity contribution is 5.93. The number of methoxy groups -OCH3 is 1. The lowest BCUT2D eigenvalue weighted by molar-refractivity contribution is 0.0665. The lowest BCUT2D eigenvalue weighted by Crippen LogP contribution is -2.35. The van der Waals surface area contributed by atoms with Crippen LogP contribution in [0, 0.1) is 5.92 Å². The molecule has 2 aromatic rings. The fourth-order valence-electron chi connectivity index (χ4n) is 2.64. The molecule has 1 aliphatic rings. The number of carbonyl (C=O) groups excluding carboxylic acids is 1. The first-order chi connectivity index (χ1) is 10.3. The van der Waals surface area contributed by atoms with Crippen molar-refractivity contribution in [2.24, 2.45) is 5.92 Å². The first kappa shape index (κ1) is 13.7. The number of fused-ring (bicyclic) bond motifs is 1. The number of aromatic nitrogens is 4. The van der Waals surface area contributed by atoms with E-state index in [1.807, 2.05) is 6.20 Å². The van der Waals surface area contributed by atoms with Crippen molar-refractivity contribution in [1.29, 1.82) is 0 Å². The van der Waals surface area contributed by atoms with Gasteiger partial charge in [-0.15, -0.1) is 0 Å². The summed E-state index contributed by atoms with van der Waals surface area (Å²) in [5.41, 5.74) is 0.543. The summed E-state index contributed by atoms with van der Waals surface area (Å²) in [6.07, 6.45) is 6.73. The summed E-state index contributed by atoms with van der Waals surface area (Å²) in [4.78, 5) is 18.8. The number of carbonyl (C=O) groups is 1. The maximum atomic E-state index is 12.6. The fourth-order valence-corrected chi connectivity index (χ4v) is 2.64. The summed E-state index contributed by atoms with van der Waals surface area (Å²) in [5.74, 6) is 1.08. The average molecular weight is 287 g/mol. The Morgan fingerprint density at radius 1 is 1.38 bits per heavy atom. The molecule has 7 nitrogen and oxygen atoms in total. The summed E-state index contributed by atoms with van der Waals surface area (Å²) in [7, 11) is 1.68. The van der Waals surface area contributed by atoms with E-state index < -0.39 is 0 Å². The Hall–Kier alpha value is -2.28. The molecule has 0 spiro atoms. The standard InChI is InChI=1S/C14H17N5O2/c1-21-10-11-7-18-5-4-15-13(18)9-19(8-11)14(20)12-2-3-16-17-6-12/h2-6,11H,7-10H2,1H3. The Labute approximate surface area is 122 Å². The minimum atomic E-state index is -0.0533. The molecule has 1 atom stereocenters. The lowest BCUT2D eigenvalue weighted by Gasteiger charge is -2.23. The van der Waals surface area contributed by atoms with E-state index in [0.29, 0.717) is 25.3 Å². The zero-order valence-electron chi connectivity index (χ0n) is 11.8. The topological polar surface area (TPSA) is 73.1 Å². The molecule has 0 radical (unpaired) electrons. The largest absolute Gasteiger partial charge is 0.384 e. The number of rotatable bonds is 3. The van der Waals surface area contributed by atoms with Crippen molar-refractivity contribution in [1.82, 2.24) is 24.6 Å². The van der Waals surface area contributed by atoms with Crippen molar-refractivity contribution in [3.8, 4) is 0 Å². The van der Waals surface area contributed by atoms with Gasteiger partial charge in [-0.3, -0.25) is 4.79 Å². The van der Waals surface area contributed by atoms with Crippen LogP contribution in [-0.4, -0.2) is 50.8 Å². The second-order valence-electron chi connectivity index (χ2n) is 5.13. The SMILES string of the molecule is COCC1CN(C(=O)c2ccnnc2)Cc2nccn2C1. The molecule has 0 bridgehead atoms. The molecule has 2 aromatic heterocycles. The van der Waals surface area contributed by atoms with Crippen molar-refractivity contribution in [3.05, 3.63) is 42.2 Å². The van der Waals surface area contributed by atoms with Crippen molar-refractivity contribution >= 4 is 5.91 Å². The molecule has 3 rings (SSSR count). The quantitative estimate of drug-likeness (QED) is 0.826. The van der Waals surface area contributed by atoms with Gasteiger partial charge in [-0.25, -0.2) is 4.98 Å².